The molecule has 1 aromatic heterocycles. The van der Waals surface area contributed by atoms with Crippen molar-refractivity contribution in [3.05, 3.63) is 48.0 Å². The summed E-state index contributed by atoms with van der Waals surface area (Å²) in [6.07, 6.45) is 0.742. The van der Waals surface area contributed by atoms with E-state index in [0.717, 1.165) is 54.1 Å². The minimum atomic E-state index is -0.721. The van der Waals surface area contributed by atoms with E-state index in [4.69, 9.17) is 9.47 Å². The summed E-state index contributed by atoms with van der Waals surface area (Å²) in [7, 11) is 1.60. The van der Waals surface area contributed by atoms with E-state index in [9.17, 15) is 13.6 Å². The largest absolute Gasteiger partial charge is 0.497 e. The van der Waals surface area contributed by atoms with Gasteiger partial charge in [-0.1, -0.05) is 11.3 Å². The third kappa shape index (κ3) is 6.79. The molecule has 184 valence electrons. The third-order valence-electron chi connectivity index (χ3n) is 5.32. The van der Waals surface area contributed by atoms with Crippen molar-refractivity contribution in [2.45, 2.75) is 11.3 Å². The second-order valence-corrected chi connectivity index (χ2v) is 9.61. The Bertz CT molecular complexity index is 1100. The number of anilines is 1. The minimum absolute atomic E-state index is 0. The Kier molecular flexibility index (Phi) is 9.90. The van der Waals surface area contributed by atoms with Crippen molar-refractivity contribution in [2.75, 3.05) is 57.2 Å². The molecule has 0 bridgehead atoms. The van der Waals surface area contributed by atoms with Gasteiger partial charge in [-0.15, -0.1) is 24.2 Å². The van der Waals surface area contributed by atoms with Gasteiger partial charge >= 0.3 is 0 Å². The number of rotatable bonds is 9. The first-order chi connectivity index (χ1) is 16.0. The first kappa shape index (κ1) is 26.6. The predicted octanol–water partition coefficient (Wildman–Crippen LogP) is 4.85. The van der Waals surface area contributed by atoms with Gasteiger partial charge in [0.2, 0.25) is 5.91 Å². The molecular formula is C23H26ClF2N3O3S2. The number of carbonyl (C=O) groups excluding carboxylic acids is 1. The first-order valence-corrected chi connectivity index (χ1v) is 12.5. The highest BCUT2D eigenvalue weighted by Crippen LogP contribution is 2.32. The maximum Gasteiger partial charge on any atom is 0.239 e. The van der Waals surface area contributed by atoms with Gasteiger partial charge in [-0.05, 0) is 36.8 Å². The Morgan fingerprint density at radius 1 is 1.24 bits per heavy atom. The van der Waals surface area contributed by atoms with Crippen molar-refractivity contribution in [2.24, 2.45) is 0 Å². The van der Waals surface area contributed by atoms with Crippen LogP contribution in [0.1, 0.15) is 6.42 Å². The van der Waals surface area contributed by atoms with Crippen LogP contribution in [0.3, 0.4) is 0 Å². The number of methoxy groups -OCH3 is 1. The molecule has 4 rings (SSSR count). The lowest BCUT2D eigenvalue weighted by Gasteiger charge is -2.27. The van der Waals surface area contributed by atoms with Gasteiger partial charge < -0.3 is 9.47 Å². The number of hydrogen-bond acceptors (Lipinski definition) is 7. The summed E-state index contributed by atoms with van der Waals surface area (Å²) in [6, 6.07) is 9.55. The summed E-state index contributed by atoms with van der Waals surface area (Å²) in [4.78, 5) is 22.4. The number of hydrogen-bond donors (Lipinski definition) is 0. The average molecular weight is 530 g/mol. The number of carbonyl (C=O) groups is 1. The molecule has 2 heterocycles. The fraction of sp³-hybridized carbons (Fsp3) is 0.391. The zero-order valence-corrected chi connectivity index (χ0v) is 21.1. The molecule has 34 heavy (non-hydrogen) atoms. The van der Waals surface area contributed by atoms with Gasteiger partial charge in [0, 0.05) is 37.1 Å². The molecule has 6 nitrogen and oxygen atoms in total. The van der Waals surface area contributed by atoms with E-state index in [1.54, 1.807) is 12.0 Å². The molecule has 1 fully saturated rings. The van der Waals surface area contributed by atoms with E-state index >= 15 is 0 Å². The fourth-order valence-electron chi connectivity index (χ4n) is 3.56. The molecule has 0 atom stereocenters. The molecule has 1 amide bonds. The van der Waals surface area contributed by atoms with Crippen molar-refractivity contribution < 1.29 is 23.0 Å². The highest BCUT2D eigenvalue weighted by molar-refractivity contribution is 8.00. The number of nitrogens with zero attached hydrogens (tertiary/aromatic N) is 3. The number of ether oxygens (including phenoxy) is 2. The van der Waals surface area contributed by atoms with E-state index < -0.39 is 11.6 Å². The number of aromatic nitrogens is 1. The highest BCUT2D eigenvalue weighted by atomic mass is 35.5. The minimum Gasteiger partial charge on any atom is -0.497 e. The first-order valence-electron chi connectivity index (χ1n) is 10.7. The molecule has 0 saturated carbocycles. The van der Waals surface area contributed by atoms with Crippen LogP contribution in [-0.2, 0) is 9.53 Å². The zero-order chi connectivity index (χ0) is 23.2. The maximum atomic E-state index is 14.2. The molecule has 0 spiro atoms. The van der Waals surface area contributed by atoms with E-state index in [2.05, 4.69) is 9.88 Å². The summed E-state index contributed by atoms with van der Waals surface area (Å²) in [5.74, 6) is -0.551. The van der Waals surface area contributed by atoms with Gasteiger partial charge in [0.15, 0.2) is 10.9 Å². The molecular weight excluding hydrogens is 504 g/mol. The summed E-state index contributed by atoms with van der Waals surface area (Å²) in [5, 5.41) is 0.386. The van der Waals surface area contributed by atoms with Crippen LogP contribution in [0, 0.1) is 11.6 Å². The second kappa shape index (κ2) is 12.6. The molecule has 2 aromatic carbocycles. The molecule has 0 unspecified atom stereocenters. The number of thioether (sulfide) groups is 1. The summed E-state index contributed by atoms with van der Waals surface area (Å²) in [5.41, 5.74) is 0.0881. The van der Waals surface area contributed by atoms with Gasteiger partial charge in [-0.2, -0.15) is 0 Å². The molecule has 0 aliphatic carbocycles. The number of thiazole rings is 1. The monoisotopic (exact) mass is 529 g/mol. The Morgan fingerprint density at radius 3 is 2.68 bits per heavy atom. The van der Waals surface area contributed by atoms with Crippen LogP contribution in [0.5, 0.6) is 5.75 Å². The van der Waals surface area contributed by atoms with Crippen LogP contribution in [0.25, 0.3) is 10.2 Å². The van der Waals surface area contributed by atoms with E-state index in [-0.39, 0.29) is 29.6 Å². The average Bonchev–Trinajstić information content (AvgIpc) is 3.25. The van der Waals surface area contributed by atoms with Crippen LogP contribution in [0.15, 0.2) is 41.3 Å². The number of amides is 1. The van der Waals surface area contributed by atoms with Gasteiger partial charge in [0.05, 0.1) is 30.8 Å². The number of morpholine rings is 1. The Balaban J connectivity index is 0.00000324. The highest BCUT2D eigenvalue weighted by Gasteiger charge is 2.22. The fourth-order valence-corrected chi connectivity index (χ4v) is 5.38. The molecule has 1 aliphatic rings. The second-order valence-electron chi connectivity index (χ2n) is 7.55. The Hall–Kier alpha value is -1.98. The summed E-state index contributed by atoms with van der Waals surface area (Å²) >= 11 is 2.54. The maximum absolute atomic E-state index is 14.2. The summed E-state index contributed by atoms with van der Waals surface area (Å²) < 4.78 is 38.8. The molecule has 0 radical (unpaired) electrons. The zero-order valence-electron chi connectivity index (χ0n) is 18.7. The van der Waals surface area contributed by atoms with Gasteiger partial charge in [0.1, 0.15) is 17.1 Å². The van der Waals surface area contributed by atoms with Crippen molar-refractivity contribution >= 4 is 56.8 Å². The van der Waals surface area contributed by atoms with E-state index in [1.807, 2.05) is 24.3 Å². The SMILES string of the molecule is COc1ccc(SCC(=O)N(CCCN2CCOCC2)c2nc3c(F)cc(F)cc3s2)cc1.Cl. The molecule has 3 aromatic rings. The van der Waals surface area contributed by atoms with Crippen molar-refractivity contribution in [3.8, 4) is 5.75 Å². The number of benzene rings is 2. The van der Waals surface area contributed by atoms with Crippen molar-refractivity contribution in [3.63, 3.8) is 0 Å². The Labute approximate surface area is 211 Å². The molecule has 1 saturated heterocycles. The molecule has 1 aliphatic heterocycles. The van der Waals surface area contributed by atoms with Crippen LogP contribution in [0.4, 0.5) is 13.9 Å². The summed E-state index contributed by atoms with van der Waals surface area (Å²) in [6.45, 7) is 4.43. The molecule has 0 N–H and O–H groups in total. The smallest absolute Gasteiger partial charge is 0.239 e. The number of fused-ring (bicyclic) bond motifs is 1. The van der Waals surface area contributed by atoms with Crippen LogP contribution < -0.4 is 9.64 Å². The van der Waals surface area contributed by atoms with Crippen LogP contribution in [-0.4, -0.2) is 68.0 Å². The van der Waals surface area contributed by atoms with Gasteiger partial charge in [-0.3, -0.25) is 14.6 Å². The van der Waals surface area contributed by atoms with Crippen LogP contribution >= 0.6 is 35.5 Å². The lowest BCUT2D eigenvalue weighted by Crippen LogP contribution is -2.39. The topological polar surface area (TPSA) is 54.9 Å². The number of halogens is 3. The lowest BCUT2D eigenvalue weighted by atomic mass is 10.3. The van der Waals surface area contributed by atoms with Gasteiger partial charge in [0.25, 0.3) is 0 Å². The Morgan fingerprint density at radius 2 is 1.97 bits per heavy atom. The quantitative estimate of drug-likeness (QED) is 0.369. The third-order valence-corrected chi connectivity index (χ3v) is 7.34. The lowest BCUT2D eigenvalue weighted by molar-refractivity contribution is -0.116. The van der Waals surface area contributed by atoms with Gasteiger partial charge in [-0.25, -0.2) is 13.8 Å². The standard InChI is InChI=1S/C23H25F2N3O3S2.ClH/c1-30-17-3-5-18(6-4-17)32-15-21(29)28(8-2-7-27-9-11-31-12-10-27)23-26-22-19(25)13-16(24)14-20(22)33-23;/h3-6,13-14H,2,7-12,15H2,1H3;1H. The van der Waals surface area contributed by atoms with Crippen LogP contribution in [0.2, 0.25) is 0 Å². The van der Waals surface area contributed by atoms with Crippen molar-refractivity contribution in [1.29, 1.82) is 0 Å². The predicted molar refractivity (Wildman–Crippen MR) is 135 cm³/mol. The van der Waals surface area contributed by atoms with Crippen molar-refractivity contribution in [1.82, 2.24) is 9.88 Å². The normalized spacial score (nSPS) is 14.1. The van der Waals surface area contributed by atoms with E-state index in [1.165, 1.54) is 17.8 Å². The van der Waals surface area contributed by atoms with E-state index in [0.29, 0.717) is 29.6 Å². The molecule has 11 heteroatoms.